The zero-order valence-corrected chi connectivity index (χ0v) is 13.5. The molecule has 1 saturated heterocycles. The standard InChI is InChI=1S/C18H17N3OS/c19-17-15(23-18(20-17)21-9-3-4-10-21)11-13-8-7-12-5-1-2-6-14(12)16(13)22/h1-2,5-8,11H,3-4,9-10,19H2. The first kappa shape index (κ1) is 14.2. The number of nitrogens with zero attached hydrogens (tertiary/aromatic N) is 2. The Morgan fingerprint density at radius 2 is 1.96 bits per heavy atom. The van der Waals surface area contributed by atoms with Crippen molar-refractivity contribution in [3.8, 4) is 0 Å². The van der Waals surface area contributed by atoms with Crippen LogP contribution in [0.5, 0.6) is 0 Å². The van der Waals surface area contributed by atoms with Crippen molar-refractivity contribution in [3.05, 3.63) is 51.9 Å². The van der Waals surface area contributed by atoms with Crippen LogP contribution in [0.25, 0.3) is 12.2 Å². The molecular formula is C18H17N3OS. The molecule has 0 unspecified atom stereocenters. The number of ketones is 1. The van der Waals surface area contributed by atoms with Crippen LogP contribution in [0.3, 0.4) is 0 Å². The molecule has 0 atom stereocenters. The lowest BCUT2D eigenvalue weighted by Gasteiger charge is -2.12. The third-order valence-electron chi connectivity index (χ3n) is 4.24. The number of nitrogens with two attached hydrogens (primary N) is 1. The fraction of sp³-hybridized carbons (Fsp3) is 0.222. The van der Waals surface area contributed by atoms with Crippen LogP contribution in [0.15, 0.2) is 35.9 Å². The Hall–Kier alpha value is -2.40. The molecule has 1 aromatic carbocycles. The smallest absolute Gasteiger partial charge is 0.193 e. The van der Waals surface area contributed by atoms with Crippen LogP contribution in [-0.2, 0) is 0 Å². The number of benzene rings is 1. The van der Waals surface area contributed by atoms with Gasteiger partial charge in [0.25, 0.3) is 0 Å². The zero-order chi connectivity index (χ0) is 15.8. The molecule has 4 nitrogen and oxygen atoms in total. The summed E-state index contributed by atoms with van der Waals surface area (Å²) in [6, 6.07) is 7.64. The number of hydrogen-bond acceptors (Lipinski definition) is 5. The van der Waals surface area contributed by atoms with Gasteiger partial charge >= 0.3 is 0 Å². The molecule has 2 heterocycles. The molecule has 0 radical (unpaired) electrons. The Labute approximate surface area is 139 Å². The van der Waals surface area contributed by atoms with Gasteiger partial charge in [-0.25, -0.2) is 4.98 Å². The van der Waals surface area contributed by atoms with Crippen molar-refractivity contribution >= 4 is 40.2 Å². The first-order valence-corrected chi connectivity index (χ1v) is 8.59. The number of aromatic nitrogens is 1. The summed E-state index contributed by atoms with van der Waals surface area (Å²) < 4.78 is 0. The molecule has 5 heteroatoms. The van der Waals surface area contributed by atoms with E-state index in [0.29, 0.717) is 11.4 Å². The minimum atomic E-state index is 0.0404. The van der Waals surface area contributed by atoms with Crippen LogP contribution in [0.2, 0.25) is 0 Å². The topological polar surface area (TPSA) is 59.2 Å². The van der Waals surface area contributed by atoms with E-state index in [2.05, 4.69) is 9.88 Å². The van der Waals surface area contributed by atoms with Crippen LogP contribution in [-0.4, -0.2) is 23.9 Å². The largest absolute Gasteiger partial charge is 0.382 e. The lowest BCUT2D eigenvalue weighted by atomic mass is 9.92. The van der Waals surface area contributed by atoms with Crippen molar-refractivity contribution in [2.75, 3.05) is 23.7 Å². The lowest BCUT2D eigenvalue weighted by Crippen LogP contribution is -2.17. The summed E-state index contributed by atoms with van der Waals surface area (Å²) in [5.41, 5.74) is 8.42. The van der Waals surface area contributed by atoms with Gasteiger partial charge in [-0.3, -0.25) is 4.79 Å². The molecular weight excluding hydrogens is 306 g/mol. The SMILES string of the molecule is Nc1nc(N2CCCC2)sc1C=C1C=Cc2ccccc2C1=O. The van der Waals surface area contributed by atoms with Gasteiger partial charge < -0.3 is 10.6 Å². The van der Waals surface area contributed by atoms with E-state index in [-0.39, 0.29) is 5.78 Å². The van der Waals surface area contributed by atoms with Gasteiger partial charge in [-0.15, -0.1) is 0 Å². The normalized spacial score (nSPS) is 18.7. The highest BCUT2D eigenvalue weighted by molar-refractivity contribution is 7.17. The minimum Gasteiger partial charge on any atom is -0.382 e. The van der Waals surface area contributed by atoms with E-state index in [9.17, 15) is 4.79 Å². The fourth-order valence-electron chi connectivity index (χ4n) is 2.99. The molecule has 0 saturated carbocycles. The van der Waals surface area contributed by atoms with Crippen molar-refractivity contribution in [3.63, 3.8) is 0 Å². The molecule has 2 aromatic rings. The number of carbonyl (C=O) groups excluding carboxylic acids is 1. The summed E-state index contributed by atoms with van der Waals surface area (Å²) in [4.78, 5) is 20.2. The number of fused-ring (bicyclic) bond motifs is 1. The number of carbonyl (C=O) groups is 1. The summed E-state index contributed by atoms with van der Waals surface area (Å²) in [5, 5.41) is 0.958. The maximum atomic E-state index is 12.6. The number of rotatable bonds is 2. The van der Waals surface area contributed by atoms with Crippen molar-refractivity contribution < 1.29 is 4.79 Å². The molecule has 2 aliphatic rings. The van der Waals surface area contributed by atoms with Crippen molar-refractivity contribution in [1.82, 2.24) is 4.98 Å². The quantitative estimate of drug-likeness (QED) is 0.858. The monoisotopic (exact) mass is 323 g/mol. The Morgan fingerprint density at radius 3 is 2.78 bits per heavy atom. The van der Waals surface area contributed by atoms with Crippen LogP contribution >= 0.6 is 11.3 Å². The fourth-order valence-corrected chi connectivity index (χ4v) is 3.98. The van der Waals surface area contributed by atoms with Crippen LogP contribution in [0.4, 0.5) is 10.9 Å². The summed E-state index contributed by atoms with van der Waals surface area (Å²) >= 11 is 1.56. The minimum absolute atomic E-state index is 0.0404. The van der Waals surface area contributed by atoms with Gasteiger partial charge in [-0.05, 0) is 24.5 Å². The molecule has 4 rings (SSSR count). The van der Waals surface area contributed by atoms with Gasteiger partial charge in [0.15, 0.2) is 10.9 Å². The number of nitrogen functional groups attached to an aromatic ring is 1. The van der Waals surface area contributed by atoms with E-state index >= 15 is 0 Å². The second kappa shape index (κ2) is 5.66. The number of allylic oxidation sites excluding steroid dienone is 2. The van der Waals surface area contributed by atoms with Crippen molar-refractivity contribution in [2.45, 2.75) is 12.8 Å². The zero-order valence-electron chi connectivity index (χ0n) is 12.7. The maximum Gasteiger partial charge on any atom is 0.193 e. The first-order valence-electron chi connectivity index (χ1n) is 7.77. The molecule has 1 aliphatic heterocycles. The second-order valence-corrected chi connectivity index (χ2v) is 6.80. The Morgan fingerprint density at radius 1 is 1.17 bits per heavy atom. The Bertz CT molecular complexity index is 829. The van der Waals surface area contributed by atoms with Gasteiger partial charge in [-0.2, -0.15) is 0 Å². The molecule has 0 amide bonds. The van der Waals surface area contributed by atoms with E-state index in [1.165, 1.54) is 12.8 Å². The van der Waals surface area contributed by atoms with Crippen molar-refractivity contribution in [2.24, 2.45) is 0 Å². The summed E-state index contributed by atoms with van der Waals surface area (Å²) in [6.45, 7) is 2.07. The average molecular weight is 323 g/mol. The predicted molar refractivity (Wildman–Crippen MR) is 95.8 cm³/mol. The van der Waals surface area contributed by atoms with Gasteiger partial charge in [0, 0.05) is 24.2 Å². The maximum absolute atomic E-state index is 12.6. The molecule has 0 spiro atoms. The second-order valence-electron chi connectivity index (χ2n) is 5.79. The summed E-state index contributed by atoms with van der Waals surface area (Å²) in [7, 11) is 0. The highest BCUT2D eigenvalue weighted by atomic mass is 32.1. The molecule has 116 valence electrons. The molecule has 1 aliphatic carbocycles. The Kier molecular flexibility index (Phi) is 3.50. The molecule has 23 heavy (non-hydrogen) atoms. The van der Waals surface area contributed by atoms with E-state index in [0.717, 1.165) is 34.2 Å². The summed E-state index contributed by atoms with van der Waals surface area (Å²) in [5.74, 6) is 0.545. The number of anilines is 2. The van der Waals surface area contributed by atoms with Crippen LogP contribution in [0.1, 0.15) is 33.6 Å². The van der Waals surface area contributed by atoms with E-state index in [1.54, 1.807) is 11.3 Å². The summed E-state index contributed by atoms with van der Waals surface area (Å²) in [6.07, 6.45) is 8.10. The highest BCUT2D eigenvalue weighted by Crippen LogP contribution is 2.33. The average Bonchev–Trinajstić information content (AvgIpc) is 3.21. The van der Waals surface area contributed by atoms with Crippen LogP contribution in [0, 0.1) is 0 Å². The molecule has 2 N–H and O–H groups in total. The lowest BCUT2D eigenvalue weighted by molar-refractivity contribution is 0.103. The van der Waals surface area contributed by atoms with E-state index in [1.807, 2.05) is 42.5 Å². The predicted octanol–water partition coefficient (Wildman–Crippen LogP) is 3.62. The third kappa shape index (κ3) is 2.57. The van der Waals surface area contributed by atoms with Gasteiger partial charge in [0.05, 0.1) is 4.88 Å². The van der Waals surface area contributed by atoms with E-state index < -0.39 is 0 Å². The first-order chi connectivity index (χ1) is 11.2. The molecule has 0 bridgehead atoms. The Balaban J connectivity index is 1.67. The van der Waals surface area contributed by atoms with Gasteiger partial charge in [-0.1, -0.05) is 47.8 Å². The number of thiazole rings is 1. The number of hydrogen-bond donors (Lipinski definition) is 1. The van der Waals surface area contributed by atoms with Crippen LogP contribution < -0.4 is 10.6 Å². The number of Topliss-reactive ketones (excluding diaryl/α,β-unsaturated/α-hetero) is 1. The van der Waals surface area contributed by atoms with Crippen molar-refractivity contribution in [1.29, 1.82) is 0 Å². The van der Waals surface area contributed by atoms with E-state index in [4.69, 9.17) is 5.73 Å². The highest BCUT2D eigenvalue weighted by Gasteiger charge is 2.20. The molecule has 1 aromatic heterocycles. The molecule has 1 fully saturated rings. The third-order valence-corrected chi connectivity index (χ3v) is 5.32. The van der Waals surface area contributed by atoms with Gasteiger partial charge in [0.2, 0.25) is 0 Å². The van der Waals surface area contributed by atoms with Gasteiger partial charge in [0.1, 0.15) is 5.82 Å².